The number of fused-ring (bicyclic) bond motifs is 2. The Morgan fingerprint density at radius 3 is 2.42 bits per heavy atom. The van der Waals surface area contributed by atoms with Crippen LogP contribution in [-0.4, -0.2) is 0 Å². The zero-order chi connectivity index (χ0) is 22.2. The lowest BCUT2D eigenvalue weighted by molar-refractivity contribution is -0.140. The summed E-state index contributed by atoms with van der Waals surface area (Å²) in [6.45, 7) is 2.21. The third-order valence-corrected chi connectivity index (χ3v) is 7.75. The van der Waals surface area contributed by atoms with E-state index in [2.05, 4.69) is 6.92 Å². The Bertz CT molecular complexity index is 916. The quantitative estimate of drug-likeness (QED) is 0.323. The summed E-state index contributed by atoms with van der Waals surface area (Å²) in [6, 6.07) is 5.32. The van der Waals surface area contributed by atoms with Crippen LogP contribution in [0.3, 0.4) is 0 Å². The first-order valence-electron chi connectivity index (χ1n) is 11.8. The van der Waals surface area contributed by atoms with Gasteiger partial charge in [0.25, 0.3) is 0 Å². The van der Waals surface area contributed by atoms with Gasteiger partial charge in [-0.3, -0.25) is 0 Å². The van der Waals surface area contributed by atoms with Crippen LogP contribution in [0.5, 0.6) is 0 Å². The summed E-state index contributed by atoms with van der Waals surface area (Å²) in [5.74, 6) is -0.993. The van der Waals surface area contributed by atoms with Crippen molar-refractivity contribution in [2.45, 2.75) is 83.2 Å². The Kier molecular flexibility index (Phi) is 6.60. The van der Waals surface area contributed by atoms with E-state index in [0.29, 0.717) is 24.7 Å². The van der Waals surface area contributed by atoms with Crippen LogP contribution in [0.25, 0.3) is 10.8 Å². The van der Waals surface area contributed by atoms with Crippen LogP contribution >= 0.6 is 0 Å². The van der Waals surface area contributed by atoms with E-state index < -0.39 is 28.8 Å². The molecule has 0 bridgehead atoms. The minimum Gasteiger partial charge on any atom is -0.206 e. The molecular weight excluding hydrogens is 407 g/mol. The van der Waals surface area contributed by atoms with Crippen LogP contribution in [0.15, 0.2) is 24.3 Å². The molecule has 0 nitrogen and oxygen atoms in total. The highest BCUT2D eigenvalue weighted by atomic mass is 19.4. The first-order chi connectivity index (χ1) is 14.8. The van der Waals surface area contributed by atoms with Gasteiger partial charge in [0, 0.05) is 0 Å². The lowest BCUT2D eigenvalue weighted by Crippen LogP contribution is -2.31. The first-order valence-corrected chi connectivity index (χ1v) is 11.8. The molecule has 0 N–H and O–H groups in total. The summed E-state index contributed by atoms with van der Waals surface area (Å²) in [5, 5.41) is -0.345. The highest BCUT2D eigenvalue weighted by Crippen LogP contribution is 2.51. The van der Waals surface area contributed by atoms with Crippen molar-refractivity contribution in [1.29, 1.82) is 0 Å². The number of rotatable bonds is 5. The zero-order valence-corrected chi connectivity index (χ0v) is 18.1. The predicted octanol–water partition coefficient (Wildman–Crippen LogP) is 9.02. The highest BCUT2D eigenvalue weighted by Gasteiger charge is 2.42. The molecule has 2 saturated carbocycles. The molecule has 4 atom stereocenters. The van der Waals surface area contributed by atoms with E-state index in [0.717, 1.165) is 31.2 Å². The molecule has 0 aromatic heterocycles. The van der Waals surface area contributed by atoms with Gasteiger partial charge >= 0.3 is 6.18 Å². The molecule has 31 heavy (non-hydrogen) atoms. The van der Waals surface area contributed by atoms with Crippen molar-refractivity contribution in [2.75, 3.05) is 0 Å². The van der Waals surface area contributed by atoms with Gasteiger partial charge in [-0.2, -0.15) is 13.2 Å². The molecule has 2 aromatic carbocycles. The van der Waals surface area contributed by atoms with Crippen LogP contribution in [-0.2, 0) is 6.18 Å². The van der Waals surface area contributed by atoms with Crippen LogP contribution < -0.4 is 0 Å². The largest absolute Gasteiger partial charge is 0.419 e. The normalized spacial score (nSPS) is 26.8. The maximum absolute atomic E-state index is 15.0. The van der Waals surface area contributed by atoms with Crippen LogP contribution in [0, 0.1) is 29.4 Å². The number of alkyl halides is 3. The van der Waals surface area contributed by atoms with E-state index >= 15 is 4.39 Å². The highest BCUT2D eigenvalue weighted by molar-refractivity contribution is 5.86. The molecule has 4 rings (SSSR count). The molecule has 0 saturated heterocycles. The molecule has 5 heteroatoms. The SMILES string of the molecule is CCCCCC1CCC2CC(c3cc4cccc(F)c4c(F)c3C(F)(F)F)CCC2C1. The third-order valence-electron chi connectivity index (χ3n) is 7.75. The third kappa shape index (κ3) is 4.61. The van der Waals surface area contributed by atoms with E-state index in [1.807, 2.05) is 0 Å². The summed E-state index contributed by atoms with van der Waals surface area (Å²) in [4.78, 5) is 0. The Morgan fingerprint density at radius 1 is 0.935 bits per heavy atom. The molecule has 2 aliphatic carbocycles. The van der Waals surface area contributed by atoms with Crippen molar-refractivity contribution < 1.29 is 22.0 Å². The first kappa shape index (κ1) is 22.5. The van der Waals surface area contributed by atoms with Crippen molar-refractivity contribution in [3.8, 4) is 0 Å². The number of benzene rings is 2. The Morgan fingerprint density at radius 2 is 1.68 bits per heavy atom. The van der Waals surface area contributed by atoms with Gasteiger partial charge < -0.3 is 0 Å². The van der Waals surface area contributed by atoms with Gasteiger partial charge in [0.15, 0.2) is 0 Å². The second-order valence-electron chi connectivity index (χ2n) is 9.70. The van der Waals surface area contributed by atoms with Gasteiger partial charge in [0.05, 0.1) is 10.9 Å². The van der Waals surface area contributed by atoms with E-state index in [1.165, 1.54) is 50.3 Å². The van der Waals surface area contributed by atoms with Gasteiger partial charge in [-0.25, -0.2) is 8.78 Å². The molecule has 170 valence electrons. The van der Waals surface area contributed by atoms with Crippen molar-refractivity contribution in [1.82, 2.24) is 0 Å². The molecule has 2 fully saturated rings. The molecule has 4 unspecified atom stereocenters. The smallest absolute Gasteiger partial charge is 0.206 e. The molecule has 2 aromatic rings. The second kappa shape index (κ2) is 9.07. The van der Waals surface area contributed by atoms with E-state index in [1.54, 1.807) is 0 Å². The maximum atomic E-state index is 15.0. The molecule has 2 aliphatic rings. The Hall–Kier alpha value is -1.65. The van der Waals surface area contributed by atoms with E-state index in [4.69, 9.17) is 0 Å². The fraction of sp³-hybridized carbons (Fsp3) is 0.615. The summed E-state index contributed by atoms with van der Waals surface area (Å²) >= 11 is 0. The van der Waals surface area contributed by atoms with Crippen LogP contribution in [0.1, 0.15) is 88.2 Å². The summed E-state index contributed by atoms with van der Waals surface area (Å²) in [6.07, 6.45) is 5.79. The van der Waals surface area contributed by atoms with Gasteiger partial charge in [0.2, 0.25) is 0 Å². The van der Waals surface area contributed by atoms with Crippen LogP contribution in [0.2, 0.25) is 0 Å². The van der Waals surface area contributed by atoms with Crippen molar-refractivity contribution in [2.24, 2.45) is 17.8 Å². The topological polar surface area (TPSA) is 0 Å². The van der Waals surface area contributed by atoms with E-state index in [9.17, 15) is 17.6 Å². The number of hydrogen-bond donors (Lipinski definition) is 0. The monoisotopic (exact) mass is 438 g/mol. The molecule has 0 amide bonds. The predicted molar refractivity (Wildman–Crippen MR) is 114 cm³/mol. The Labute approximate surface area is 181 Å². The summed E-state index contributed by atoms with van der Waals surface area (Å²) in [7, 11) is 0. The average Bonchev–Trinajstić information content (AvgIpc) is 2.72. The standard InChI is InChI=1S/C26H31F5/c1-2-3-4-6-16-9-10-18-14-19(12-11-17(18)13-16)21-15-20-7-5-8-22(27)23(20)25(28)24(21)26(29,30)31/h5,7-8,15-19H,2-4,6,9-14H2,1H3. The van der Waals surface area contributed by atoms with Crippen molar-refractivity contribution in [3.63, 3.8) is 0 Å². The molecule has 0 heterocycles. The zero-order valence-electron chi connectivity index (χ0n) is 18.1. The second-order valence-corrected chi connectivity index (χ2v) is 9.70. The fourth-order valence-electron chi connectivity index (χ4n) is 6.21. The van der Waals surface area contributed by atoms with Gasteiger partial charge in [-0.05, 0) is 78.9 Å². The number of hydrogen-bond acceptors (Lipinski definition) is 0. The number of unbranched alkanes of at least 4 members (excludes halogenated alkanes) is 2. The number of halogens is 5. The van der Waals surface area contributed by atoms with Gasteiger partial charge in [-0.1, -0.05) is 51.2 Å². The van der Waals surface area contributed by atoms with Crippen molar-refractivity contribution >= 4 is 10.8 Å². The Balaban J connectivity index is 1.59. The lowest BCUT2D eigenvalue weighted by atomic mass is 9.63. The summed E-state index contributed by atoms with van der Waals surface area (Å²) in [5.41, 5.74) is -1.24. The molecule has 0 radical (unpaired) electrons. The summed E-state index contributed by atoms with van der Waals surface area (Å²) < 4.78 is 70.8. The minimum atomic E-state index is -4.84. The van der Waals surface area contributed by atoms with Crippen LogP contribution in [0.4, 0.5) is 22.0 Å². The fourth-order valence-corrected chi connectivity index (χ4v) is 6.21. The van der Waals surface area contributed by atoms with E-state index in [-0.39, 0.29) is 16.9 Å². The molecule has 0 aliphatic heterocycles. The maximum Gasteiger partial charge on any atom is 0.419 e. The van der Waals surface area contributed by atoms with Gasteiger partial charge in [-0.15, -0.1) is 0 Å². The average molecular weight is 439 g/mol. The molecule has 0 spiro atoms. The minimum absolute atomic E-state index is 0.0200. The lowest BCUT2D eigenvalue weighted by Gasteiger charge is -2.43. The van der Waals surface area contributed by atoms with Gasteiger partial charge in [0.1, 0.15) is 11.6 Å². The van der Waals surface area contributed by atoms with Crippen molar-refractivity contribution in [3.05, 3.63) is 47.0 Å². The molecular formula is C26H31F5.